The van der Waals surface area contributed by atoms with Gasteiger partial charge in [-0.15, -0.1) is 0 Å². The SMILES string of the molecule is CCOc1ccc(F)c(-c2nc3cc(C(=O)NCCCc4ncc[nH]4)ccc3nc2-c2ccc(F)cc2)c1. The normalized spacial score (nSPS) is 11.0. The lowest BCUT2D eigenvalue weighted by molar-refractivity contribution is 0.0953. The number of H-pyrrole nitrogens is 1. The van der Waals surface area contributed by atoms with Gasteiger partial charge in [0.1, 0.15) is 28.9 Å². The highest BCUT2D eigenvalue weighted by Crippen LogP contribution is 2.34. The second-order valence-electron chi connectivity index (χ2n) is 8.60. The van der Waals surface area contributed by atoms with E-state index in [0.29, 0.717) is 46.8 Å². The average molecular weight is 514 g/mol. The number of carbonyl (C=O) groups is 1. The molecule has 0 atom stereocenters. The Morgan fingerprint density at radius 1 is 0.974 bits per heavy atom. The molecule has 0 aliphatic heterocycles. The smallest absolute Gasteiger partial charge is 0.251 e. The molecule has 2 aromatic heterocycles. The van der Waals surface area contributed by atoms with E-state index in [-0.39, 0.29) is 17.2 Å². The molecule has 0 unspecified atom stereocenters. The predicted octanol–water partition coefficient (Wildman–Crippen LogP) is 5.73. The van der Waals surface area contributed by atoms with Gasteiger partial charge in [0.15, 0.2) is 0 Å². The topological polar surface area (TPSA) is 92.8 Å². The van der Waals surface area contributed by atoms with E-state index in [1.807, 2.05) is 6.92 Å². The summed E-state index contributed by atoms with van der Waals surface area (Å²) in [5, 5.41) is 2.90. The molecule has 0 aliphatic carbocycles. The molecule has 9 heteroatoms. The number of aromatic nitrogens is 4. The maximum atomic E-state index is 15.1. The Labute approximate surface area is 217 Å². The minimum Gasteiger partial charge on any atom is -0.494 e. The van der Waals surface area contributed by atoms with Gasteiger partial charge in [-0.2, -0.15) is 0 Å². The fourth-order valence-electron chi connectivity index (χ4n) is 4.13. The first-order chi connectivity index (χ1) is 18.5. The summed E-state index contributed by atoms with van der Waals surface area (Å²) in [6, 6.07) is 15.2. The third-order valence-corrected chi connectivity index (χ3v) is 5.98. The van der Waals surface area contributed by atoms with Crippen LogP contribution >= 0.6 is 0 Å². The molecular formula is C29H25F2N5O2. The lowest BCUT2D eigenvalue weighted by Crippen LogP contribution is -2.24. The van der Waals surface area contributed by atoms with E-state index in [1.54, 1.807) is 54.9 Å². The Kier molecular flexibility index (Phi) is 7.35. The molecule has 0 fully saturated rings. The maximum absolute atomic E-state index is 15.1. The van der Waals surface area contributed by atoms with Crippen molar-refractivity contribution in [3.8, 4) is 28.3 Å². The van der Waals surface area contributed by atoms with Gasteiger partial charge >= 0.3 is 0 Å². The molecule has 2 N–H and O–H groups in total. The van der Waals surface area contributed by atoms with E-state index in [9.17, 15) is 9.18 Å². The monoisotopic (exact) mass is 513 g/mol. The molecule has 0 radical (unpaired) electrons. The highest BCUT2D eigenvalue weighted by Gasteiger charge is 2.18. The third-order valence-electron chi connectivity index (χ3n) is 5.98. The molecular weight excluding hydrogens is 488 g/mol. The quantitative estimate of drug-likeness (QED) is 0.246. The number of aryl methyl sites for hydroxylation is 1. The number of nitrogens with zero attached hydrogens (tertiary/aromatic N) is 3. The van der Waals surface area contributed by atoms with E-state index >= 15 is 4.39 Å². The fourth-order valence-corrected chi connectivity index (χ4v) is 4.13. The van der Waals surface area contributed by atoms with E-state index in [2.05, 4.69) is 15.3 Å². The number of carbonyl (C=O) groups excluding carboxylic acids is 1. The molecule has 192 valence electrons. The van der Waals surface area contributed by atoms with Crippen molar-refractivity contribution in [2.24, 2.45) is 0 Å². The Morgan fingerprint density at radius 2 is 1.79 bits per heavy atom. The van der Waals surface area contributed by atoms with E-state index < -0.39 is 11.6 Å². The molecule has 3 aromatic carbocycles. The van der Waals surface area contributed by atoms with Gasteiger partial charge in [0.05, 0.1) is 23.3 Å². The molecule has 2 heterocycles. The molecule has 5 aromatic rings. The van der Waals surface area contributed by atoms with Crippen LogP contribution in [0.15, 0.2) is 73.1 Å². The van der Waals surface area contributed by atoms with Crippen molar-refractivity contribution >= 4 is 16.9 Å². The van der Waals surface area contributed by atoms with E-state index in [0.717, 1.165) is 18.7 Å². The van der Waals surface area contributed by atoms with Crippen LogP contribution in [0.25, 0.3) is 33.5 Å². The highest BCUT2D eigenvalue weighted by atomic mass is 19.1. The number of fused-ring (bicyclic) bond motifs is 1. The number of hydrogen-bond acceptors (Lipinski definition) is 5. The third kappa shape index (κ3) is 5.51. The fraction of sp³-hybridized carbons (Fsp3) is 0.172. The minimum atomic E-state index is -0.504. The number of aromatic amines is 1. The number of hydrogen-bond donors (Lipinski definition) is 2. The average Bonchev–Trinajstić information content (AvgIpc) is 3.45. The molecule has 0 spiro atoms. The Bertz CT molecular complexity index is 1570. The molecule has 0 saturated heterocycles. The number of ether oxygens (including phenoxy) is 1. The van der Waals surface area contributed by atoms with Gasteiger partial charge < -0.3 is 15.0 Å². The number of imidazole rings is 1. The summed E-state index contributed by atoms with van der Waals surface area (Å²) < 4.78 is 34.3. The maximum Gasteiger partial charge on any atom is 0.251 e. The molecule has 0 saturated carbocycles. The lowest BCUT2D eigenvalue weighted by atomic mass is 10.0. The van der Waals surface area contributed by atoms with Crippen LogP contribution in [0.1, 0.15) is 29.5 Å². The van der Waals surface area contributed by atoms with E-state index in [4.69, 9.17) is 14.7 Å². The van der Waals surface area contributed by atoms with Crippen LogP contribution < -0.4 is 10.1 Å². The van der Waals surface area contributed by atoms with Crippen molar-refractivity contribution in [3.63, 3.8) is 0 Å². The van der Waals surface area contributed by atoms with Gasteiger partial charge in [0.25, 0.3) is 5.91 Å². The summed E-state index contributed by atoms with van der Waals surface area (Å²) in [4.78, 5) is 29.5. The molecule has 38 heavy (non-hydrogen) atoms. The second kappa shape index (κ2) is 11.2. The standard InChI is InChI=1S/C29H25F2N5O2/c1-2-38-21-10-11-23(31)22(17-21)28-27(18-5-8-20(30)9-6-18)35-24-12-7-19(16-25(24)36-28)29(37)34-13-3-4-26-32-14-15-33-26/h5-12,14-17H,2-4,13H2,1H3,(H,32,33)(H,34,37). The Hall–Kier alpha value is -4.66. The van der Waals surface area contributed by atoms with Crippen molar-refractivity contribution in [2.45, 2.75) is 19.8 Å². The molecule has 0 aliphatic rings. The van der Waals surface area contributed by atoms with Gasteiger partial charge in [-0.05, 0) is 74.0 Å². The molecule has 5 rings (SSSR count). The number of nitrogens with one attached hydrogen (secondary N) is 2. The van der Waals surface area contributed by atoms with Crippen molar-refractivity contribution in [1.82, 2.24) is 25.3 Å². The highest BCUT2D eigenvalue weighted by molar-refractivity contribution is 5.98. The van der Waals surface area contributed by atoms with Gasteiger partial charge in [0, 0.05) is 42.0 Å². The van der Waals surface area contributed by atoms with E-state index in [1.165, 1.54) is 18.2 Å². The molecule has 1 amide bonds. The number of halogens is 2. The van der Waals surface area contributed by atoms with Crippen LogP contribution in [0.2, 0.25) is 0 Å². The van der Waals surface area contributed by atoms with Crippen molar-refractivity contribution in [1.29, 1.82) is 0 Å². The van der Waals surface area contributed by atoms with Crippen LogP contribution in [-0.2, 0) is 6.42 Å². The molecule has 7 nitrogen and oxygen atoms in total. The van der Waals surface area contributed by atoms with Gasteiger partial charge in [0.2, 0.25) is 0 Å². The van der Waals surface area contributed by atoms with Gasteiger partial charge in [-0.25, -0.2) is 23.7 Å². The zero-order chi connectivity index (χ0) is 26.5. The van der Waals surface area contributed by atoms with Crippen molar-refractivity contribution in [2.75, 3.05) is 13.2 Å². The summed E-state index contributed by atoms with van der Waals surface area (Å²) in [7, 11) is 0. The number of benzene rings is 3. The zero-order valence-electron chi connectivity index (χ0n) is 20.7. The van der Waals surface area contributed by atoms with Crippen LogP contribution in [0.3, 0.4) is 0 Å². The van der Waals surface area contributed by atoms with Gasteiger partial charge in [-0.1, -0.05) is 0 Å². The van der Waals surface area contributed by atoms with Crippen LogP contribution in [0.5, 0.6) is 5.75 Å². The zero-order valence-corrected chi connectivity index (χ0v) is 20.7. The summed E-state index contributed by atoms with van der Waals surface area (Å²) in [6.45, 7) is 2.74. The number of amides is 1. The Balaban J connectivity index is 1.50. The minimum absolute atomic E-state index is 0.192. The predicted molar refractivity (Wildman–Crippen MR) is 141 cm³/mol. The first-order valence-corrected chi connectivity index (χ1v) is 12.3. The summed E-state index contributed by atoms with van der Waals surface area (Å²) in [5.41, 5.74) is 2.78. The van der Waals surface area contributed by atoms with Crippen molar-refractivity contribution in [3.05, 3.63) is 96.1 Å². The number of rotatable bonds is 9. The summed E-state index contributed by atoms with van der Waals surface area (Å²) in [6.07, 6.45) is 4.91. The van der Waals surface area contributed by atoms with Crippen molar-refractivity contribution < 1.29 is 18.3 Å². The first kappa shape index (κ1) is 25.0. The van der Waals surface area contributed by atoms with Gasteiger partial charge in [-0.3, -0.25) is 4.79 Å². The second-order valence-corrected chi connectivity index (χ2v) is 8.60. The van der Waals surface area contributed by atoms with Crippen LogP contribution in [-0.4, -0.2) is 39.0 Å². The summed E-state index contributed by atoms with van der Waals surface area (Å²) in [5.74, 6) is 0.204. The van der Waals surface area contributed by atoms with Crippen LogP contribution in [0, 0.1) is 11.6 Å². The Morgan fingerprint density at radius 3 is 2.55 bits per heavy atom. The lowest BCUT2D eigenvalue weighted by Gasteiger charge is -2.13. The largest absolute Gasteiger partial charge is 0.494 e. The first-order valence-electron chi connectivity index (χ1n) is 12.3. The van der Waals surface area contributed by atoms with Crippen LogP contribution in [0.4, 0.5) is 8.78 Å². The molecule has 0 bridgehead atoms. The summed E-state index contributed by atoms with van der Waals surface area (Å²) >= 11 is 0.